The number of hydrogen-bond acceptors (Lipinski definition) is 5. The van der Waals surface area contributed by atoms with Gasteiger partial charge in [-0.2, -0.15) is 13.2 Å². The summed E-state index contributed by atoms with van der Waals surface area (Å²) in [5.41, 5.74) is -0.494. The molecular weight excluding hydrogens is 397 g/mol. The summed E-state index contributed by atoms with van der Waals surface area (Å²) in [4.78, 5) is 39.3. The number of carbonyl (C=O) groups excluding carboxylic acids is 2. The molecule has 29 heavy (non-hydrogen) atoms. The summed E-state index contributed by atoms with van der Waals surface area (Å²) in [6.45, 7) is -0.397. The molecule has 1 fully saturated rings. The van der Waals surface area contributed by atoms with Crippen LogP contribution in [0.1, 0.15) is 5.56 Å². The molecule has 11 heteroatoms. The molecule has 0 aliphatic carbocycles. The zero-order chi connectivity index (χ0) is 21.2. The lowest BCUT2D eigenvalue weighted by Gasteiger charge is -2.11. The SMILES string of the molecule is O=C(Nc1ccc(Oc2ccc(C(F)(F)F)cc2)cc1)C1CON(C(=O)O)C1=O. The maximum atomic E-state index is 12.6. The molecular formula is C18H13F3N2O6. The lowest BCUT2D eigenvalue weighted by Crippen LogP contribution is -2.35. The van der Waals surface area contributed by atoms with Crippen LogP contribution in [0.15, 0.2) is 48.5 Å². The standard InChI is InChI=1S/C18H13F3N2O6/c19-18(20,21)10-1-5-12(6-2-10)29-13-7-3-11(4-8-13)22-15(24)14-9-28-23(16(14)25)17(26)27/h1-8,14H,9H2,(H,22,24)(H,26,27). The number of rotatable bonds is 4. The Balaban J connectivity index is 1.60. The van der Waals surface area contributed by atoms with Gasteiger partial charge in [-0.3, -0.25) is 14.4 Å². The van der Waals surface area contributed by atoms with Crippen molar-refractivity contribution in [3.05, 3.63) is 54.1 Å². The number of hydrogen-bond donors (Lipinski definition) is 2. The average Bonchev–Trinajstić information content (AvgIpc) is 3.05. The van der Waals surface area contributed by atoms with Crippen molar-refractivity contribution >= 4 is 23.6 Å². The molecule has 2 aromatic carbocycles. The van der Waals surface area contributed by atoms with Gasteiger partial charge in [-0.25, -0.2) is 4.79 Å². The van der Waals surface area contributed by atoms with E-state index in [1.807, 2.05) is 0 Å². The van der Waals surface area contributed by atoms with Crippen molar-refractivity contribution in [1.82, 2.24) is 5.06 Å². The summed E-state index contributed by atoms with van der Waals surface area (Å²) in [7, 11) is 0. The van der Waals surface area contributed by atoms with Crippen LogP contribution in [0.2, 0.25) is 0 Å². The number of anilines is 1. The van der Waals surface area contributed by atoms with Gasteiger partial charge in [-0.05, 0) is 48.5 Å². The summed E-state index contributed by atoms with van der Waals surface area (Å²) in [6, 6.07) is 9.97. The summed E-state index contributed by atoms with van der Waals surface area (Å²) < 4.78 is 43.1. The number of nitrogens with one attached hydrogen (secondary N) is 1. The van der Waals surface area contributed by atoms with E-state index in [4.69, 9.17) is 9.84 Å². The number of halogens is 3. The van der Waals surface area contributed by atoms with Gasteiger partial charge < -0.3 is 15.2 Å². The van der Waals surface area contributed by atoms with E-state index >= 15 is 0 Å². The Morgan fingerprint density at radius 1 is 1.07 bits per heavy atom. The fraction of sp³-hybridized carbons (Fsp3) is 0.167. The van der Waals surface area contributed by atoms with Crippen molar-refractivity contribution in [2.24, 2.45) is 5.92 Å². The summed E-state index contributed by atoms with van der Waals surface area (Å²) in [5, 5.41) is 11.3. The molecule has 2 aromatic rings. The highest BCUT2D eigenvalue weighted by atomic mass is 19.4. The molecule has 1 aliphatic rings. The van der Waals surface area contributed by atoms with E-state index in [0.717, 1.165) is 12.1 Å². The van der Waals surface area contributed by atoms with Crippen LogP contribution in [0, 0.1) is 5.92 Å². The van der Waals surface area contributed by atoms with Crippen molar-refractivity contribution in [2.45, 2.75) is 6.18 Å². The fourth-order valence-corrected chi connectivity index (χ4v) is 2.45. The number of imide groups is 1. The molecule has 0 saturated carbocycles. The van der Waals surface area contributed by atoms with Crippen LogP contribution < -0.4 is 10.1 Å². The second-order valence-electron chi connectivity index (χ2n) is 5.90. The Labute approximate surface area is 161 Å². The van der Waals surface area contributed by atoms with Crippen LogP contribution in [-0.2, 0) is 20.6 Å². The summed E-state index contributed by atoms with van der Waals surface area (Å²) in [6.07, 6.45) is -6.05. The van der Waals surface area contributed by atoms with E-state index in [2.05, 4.69) is 10.2 Å². The first-order valence-corrected chi connectivity index (χ1v) is 8.11. The molecule has 152 valence electrons. The van der Waals surface area contributed by atoms with Gasteiger partial charge in [0, 0.05) is 5.69 Å². The predicted molar refractivity (Wildman–Crippen MR) is 90.9 cm³/mol. The van der Waals surface area contributed by atoms with Gasteiger partial charge in [0.15, 0.2) is 0 Å². The number of hydroxylamine groups is 2. The minimum atomic E-state index is -4.44. The van der Waals surface area contributed by atoms with Crippen LogP contribution in [0.25, 0.3) is 0 Å². The quantitative estimate of drug-likeness (QED) is 0.748. The van der Waals surface area contributed by atoms with Crippen molar-refractivity contribution < 1.29 is 42.2 Å². The molecule has 3 amide bonds. The van der Waals surface area contributed by atoms with E-state index in [9.17, 15) is 27.6 Å². The second kappa shape index (κ2) is 7.80. The topological polar surface area (TPSA) is 105 Å². The zero-order valence-electron chi connectivity index (χ0n) is 14.5. The first kappa shape index (κ1) is 20.1. The van der Waals surface area contributed by atoms with E-state index in [0.29, 0.717) is 11.4 Å². The Morgan fingerprint density at radius 2 is 1.62 bits per heavy atom. The van der Waals surface area contributed by atoms with Gasteiger partial charge in [-0.1, -0.05) is 0 Å². The normalized spacial score (nSPS) is 16.6. The minimum absolute atomic E-state index is 0.102. The molecule has 2 N–H and O–H groups in total. The van der Waals surface area contributed by atoms with Crippen molar-refractivity contribution in [1.29, 1.82) is 0 Å². The Bertz CT molecular complexity index is 928. The van der Waals surface area contributed by atoms with Gasteiger partial charge in [0.2, 0.25) is 5.91 Å². The number of ether oxygens (including phenoxy) is 1. The smallest absolute Gasteiger partial charge is 0.439 e. The highest BCUT2D eigenvalue weighted by molar-refractivity contribution is 6.10. The average molecular weight is 410 g/mol. The number of carbonyl (C=O) groups is 3. The molecule has 1 aliphatic heterocycles. The van der Waals surface area contributed by atoms with Crippen molar-refractivity contribution in [3.63, 3.8) is 0 Å². The van der Waals surface area contributed by atoms with Gasteiger partial charge in [0.1, 0.15) is 17.4 Å². The third kappa shape index (κ3) is 4.63. The van der Waals surface area contributed by atoms with Crippen LogP contribution in [0.4, 0.5) is 23.7 Å². The van der Waals surface area contributed by atoms with E-state index in [1.165, 1.54) is 36.4 Å². The minimum Gasteiger partial charge on any atom is -0.463 e. The number of amides is 3. The number of alkyl halides is 3. The lowest BCUT2D eigenvalue weighted by molar-refractivity contribution is -0.151. The Kier molecular flexibility index (Phi) is 5.41. The molecule has 0 spiro atoms. The molecule has 1 unspecified atom stereocenters. The lowest BCUT2D eigenvalue weighted by atomic mass is 10.1. The Morgan fingerprint density at radius 3 is 2.10 bits per heavy atom. The number of nitrogens with zero attached hydrogens (tertiary/aromatic N) is 1. The fourth-order valence-electron chi connectivity index (χ4n) is 2.45. The largest absolute Gasteiger partial charge is 0.463 e. The van der Waals surface area contributed by atoms with Gasteiger partial charge >= 0.3 is 12.3 Å². The van der Waals surface area contributed by atoms with Crippen LogP contribution in [0.5, 0.6) is 11.5 Å². The molecule has 1 heterocycles. The molecule has 0 bridgehead atoms. The molecule has 0 aromatic heterocycles. The van der Waals surface area contributed by atoms with E-state index in [1.54, 1.807) is 0 Å². The third-order valence-corrected chi connectivity index (χ3v) is 3.90. The van der Waals surface area contributed by atoms with Gasteiger partial charge in [0.05, 0.1) is 12.2 Å². The summed E-state index contributed by atoms with van der Waals surface area (Å²) in [5.74, 6) is -2.53. The van der Waals surface area contributed by atoms with Crippen molar-refractivity contribution in [2.75, 3.05) is 11.9 Å². The maximum Gasteiger partial charge on any atom is 0.439 e. The van der Waals surface area contributed by atoms with Gasteiger partial charge in [-0.15, -0.1) is 5.06 Å². The zero-order valence-corrected chi connectivity index (χ0v) is 14.5. The van der Waals surface area contributed by atoms with Crippen LogP contribution in [0.3, 0.4) is 0 Å². The third-order valence-electron chi connectivity index (χ3n) is 3.90. The first-order valence-electron chi connectivity index (χ1n) is 8.11. The van der Waals surface area contributed by atoms with E-state index < -0.39 is 42.2 Å². The number of benzene rings is 2. The van der Waals surface area contributed by atoms with Crippen LogP contribution >= 0.6 is 0 Å². The molecule has 1 atom stereocenters. The highest BCUT2D eigenvalue weighted by Crippen LogP contribution is 2.31. The first-order chi connectivity index (χ1) is 13.6. The van der Waals surface area contributed by atoms with E-state index in [-0.39, 0.29) is 10.8 Å². The second-order valence-corrected chi connectivity index (χ2v) is 5.90. The highest BCUT2D eigenvalue weighted by Gasteiger charge is 2.42. The monoisotopic (exact) mass is 410 g/mol. The molecule has 3 rings (SSSR count). The summed E-state index contributed by atoms with van der Waals surface area (Å²) >= 11 is 0. The number of carboxylic acid groups (broad SMARTS) is 1. The maximum absolute atomic E-state index is 12.6. The Hall–Kier alpha value is -3.60. The molecule has 0 radical (unpaired) electrons. The van der Waals surface area contributed by atoms with Crippen molar-refractivity contribution in [3.8, 4) is 11.5 Å². The molecule has 8 nitrogen and oxygen atoms in total. The predicted octanol–water partition coefficient (Wildman–Crippen LogP) is 3.50. The van der Waals surface area contributed by atoms with Gasteiger partial charge in [0.25, 0.3) is 5.91 Å². The molecule has 1 saturated heterocycles. The van der Waals surface area contributed by atoms with Crippen LogP contribution in [-0.4, -0.2) is 34.7 Å².